The maximum Gasteiger partial charge on any atom is 0.254 e. The summed E-state index contributed by atoms with van der Waals surface area (Å²) in [5, 5.41) is 9.13. The van der Waals surface area contributed by atoms with Crippen molar-refractivity contribution in [1.29, 1.82) is 0 Å². The van der Waals surface area contributed by atoms with Crippen molar-refractivity contribution >= 4 is 21.8 Å². The smallest absolute Gasteiger partial charge is 0.254 e. The van der Waals surface area contributed by atoms with Gasteiger partial charge in [-0.15, -0.1) is 0 Å². The zero-order chi connectivity index (χ0) is 14.0. The average Bonchev–Trinajstić information content (AvgIpc) is 2.40. The second kappa shape index (κ2) is 5.98. The molecule has 0 saturated carbocycles. The highest BCUT2D eigenvalue weighted by Gasteiger charge is 2.28. The third kappa shape index (κ3) is 3.32. The highest BCUT2D eigenvalue weighted by molar-refractivity contribution is 9.10. The first kappa shape index (κ1) is 14.4. The lowest BCUT2D eigenvalue weighted by molar-refractivity contribution is -0.0858. The number of aliphatic hydroxyl groups excluding tert-OH is 1. The minimum absolute atomic E-state index is 0.136. The molecule has 0 spiro atoms. The Morgan fingerprint density at radius 1 is 1.58 bits per heavy atom. The second-order valence-electron chi connectivity index (χ2n) is 4.59. The fraction of sp³-hybridized carbons (Fsp3) is 0.462. The summed E-state index contributed by atoms with van der Waals surface area (Å²) in [5.74, 6) is -0.717. The number of morpholine rings is 1. The van der Waals surface area contributed by atoms with Crippen molar-refractivity contribution in [1.82, 2.24) is 4.90 Å². The Morgan fingerprint density at radius 3 is 2.95 bits per heavy atom. The Balaban J connectivity index is 2.16. The minimum Gasteiger partial charge on any atom is -0.394 e. The maximum absolute atomic E-state index is 13.4. The summed E-state index contributed by atoms with van der Waals surface area (Å²) in [7, 11) is 0. The van der Waals surface area contributed by atoms with Crippen molar-refractivity contribution in [2.24, 2.45) is 0 Å². The number of halogens is 2. The molecule has 2 unspecified atom stereocenters. The number of hydrogen-bond acceptors (Lipinski definition) is 3. The average molecular weight is 332 g/mol. The van der Waals surface area contributed by atoms with Crippen LogP contribution in [0.3, 0.4) is 0 Å². The summed E-state index contributed by atoms with van der Waals surface area (Å²) in [6.45, 7) is 2.46. The molecule has 1 aromatic rings. The molecule has 4 nitrogen and oxygen atoms in total. The predicted octanol–water partition coefficient (Wildman–Crippen LogP) is 1.81. The lowest BCUT2D eigenvalue weighted by atomic mass is 10.1. The van der Waals surface area contributed by atoms with E-state index < -0.39 is 5.82 Å². The van der Waals surface area contributed by atoms with Gasteiger partial charge in [0.15, 0.2) is 0 Å². The lowest BCUT2D eigenvalue weighted by Crippen LogP contribution is -2.50. The van der Waals surface area contributed by atoms with Gasteiger partial charge in [0.2, 0.25) is 0 Å². The molecule has 1 aromatic carbocycles. The van der Waals surface area contributed by atoms with Crippen molar-refractivity contribution in [3.05, 3.63) is 34.1 Å². The number of hydrogen-bond donors (Lipinski definition) is 1. The van der Waals surface area contributed by atoms with E-state index in [2.05, 4.69) is 15.9 Å². The molecule has 1 amide bonds. The minimum atomic E-state index is -0.467. The Morgan fingerprint density at radius 2 is 2.32 bits per heavy atom. The Bertz CT molecular complexity index is 483. The van der Waals surface area contributed by atoms with Gasteiger partial charge in [0.1, 0.15) is 5.82 Å². The van der Waals surface area contributed by atoms with Gasteiger partial charge < -0.3 is 14.7 Å². The van der Waals surface area contributed by atoms with Crippen LogP contribution in [0, 0.1) is 5.82 Å². The first-order chi connectivity index (χ1) is 9.01. The molecule has 1 N–H and O–H groups in total. The molecule has 2 rings (SSSR count). The molecule has 2 atom stereocenters. The molecule has 0 aromatic heterocycles. The highest BCUT2D eigenvalue weighted by Crippen LogP contribution is 2.19. The Hall–Kier alpha value is -0.980. The monoisotopic (exact) mass is 331 g/mol. The predicted molar refractivity (Wildman–Crippen MR) is 71.4 cm³/mol. The number of amides is 1. The molecule has 1 aliphatic rings. The van der Waals surface area contributed by atoms with Gasteiger partial charge in [0, 0.05) is 18.7 Å². The van der Waals surface area contributed by atoms with E-state index in [1.165, 1.54) is 12.1 Å². The first-order valence-electron chi connectivity index (χ1n) is 6.02. The van der Waals surface area contributed by atoms with Crippen LogP contribution in [0.4, 0.5) is 4.39 Å². The fourth-order valence-electron chi connectivity index (χ4n) is 2.12. The van der Waals surface area contributed by atoms with E-state index in [9.17, 15) is 9.18 Å². The number of carbonyl (C=O) groups excluding carboxylic acids is 1. The molecular formula is C13H15BrFNO3. The third-order valence-electron chi connectivity index (χ3n) is 2.98. The van der Waals surface area contributed by atoms with Gasteiger partial charge in [-0.25, -0.2) is 4.39 Å². The summed E-state index contributed by atoms with van der Waals surface area (Å²) >= 11 is 3.05. The molecule has 1 heterocycles. The largest absolute Gasteiger partial charge is 0.394 e. The summed E-state index contributed by atoms with van der Waals surface area (Å²) in [5.41, 5.74) is 0.298. The van der Waals surface area contributed by atoms with Gasteiger partial charge in [-0.05, 0) is 41.1 Å². The van der Waals surface area contributed by atoms with Crippen molar-refractivity contribution in [3.63, 3.8) is 0 Å². The van der Waals surface area contributed by atoms with E-state index in [4.69, 9.17) is 9.84 Å². The quantitative estimate of drug-likeness (QED) is 0.899. The van der Waals surface area contributed by atoms with Crippen molar-refractivity contribution in [2.45, 2.75) is 19.1 Å². The molecule has 1 fully saturated rings. The highest BCUT2D eigenvalue weighted by atomic mass is 79.9. The molecule has 0 radical (unpaired) electrons. The molecule has 6 heteroatoms. The second-order valence-corrected chi connectivity index (χ2v) is 5.44. The van der Waals surface area contributed by atoms with Gasteiger partial charge >= 0.3 is 0 Å². The first-order valence-corrected chi connectivity index (χ1v) is 6.81. The molecule has 0 bridgehead atoms. The van der Waals surface area contributed by atoms with Crippen LogP contribution in [0.2, 0.25) is 0 Å². The van der Waals surface area contributed by atoms with E-state index in [0.29, 0.717) is 23.1 Å². The zero-order valence-corrected chi connectivity index (χ0v) is 12.1. The summed E-state index contributed by atoms with van der Waals surface area (Å²) in [4.78, 5) is 13.9. The van der Waals surface area contributed by atoms with E-state index >= 15 is 0 Å². The summed E-state index contributed by atoms with van der Waals surface area (Å²) in [6.07, 6.45) is -0.525. The Labute approximate surface area is 119 Å². The van der Waals surface area contributed by atoms with Crippen LogP contribution >= 0.6 is 15.9 Å². The van der Waals surface area contributed by atoms with Gasteiger partial charge in [-0.3, -0.25) is 4.79 Å². The molecule has 0 aliphatic carbocycles. The van der Waals surface area contributed by atoms with Crippen LogP contribution in [0.25, 0.3) is 0 Å². The number of aliphatic hydroxyl groups is 1. The zero-order valence-electron chi connectivity index (χ0n) is 10.5. The van der Waals surface area contributed by atoms with E-state index in [-0.39, 0.29) is 24.7 Å². The van der Waals surface area contributed by atoms with Crippen LogP contribution < -0.4 is 0 Å². The van der Waals surface area contributed by atoms with Crippen molar-refractivity contribution < 1.29 is 19.0 Å². The summed E-state index contributed by atoms with van der Waals surface area (Å²) < 4.78 is 19.2. The molecule has 19 heavy (non-hydrogen) atoms. The molecular weight excluding hydrogens is 317 g/mol. The van der Waals surface area contributed by atoms with Crippen molar-refractivity contribution in [2.75, 3.05) is 19.7 Å². The van der Waals surface area contributed by atoms with Crippen LogP contribution in [-0.4, -0.2) is 47.8 Å². The molecule has 1 aliphatic heterocycles. The van der Waals surface area contributed by atoms with E-state index in [0.717, 1.165) is 0 Å². The third-order valence-corrected chi connectivity index (χ3v) is 3.63. The number of rotatable bonds is 2. The van der Waals surface area contributed by atoms with Crippen LogP contribution in [0.5, 0.6) is 0 Å². The SMILES string of the molecule is CC1CN(C(=O)c2ccc(Br)c(F)c2)CC(CO)O1. The number of carbonyl (C=O) groups is 1. The van der Waals surface area contributed by atoms with Gasteiger partial charge in [0.25, 0.3) is 5.91 Å². The topological polar surface area (TPSA) is 49.8 Å². The van der Waals surface area contributed by atoms with E-state index in [1.54, 1.807) is 11.0 Å². The van der Waals surface area contributed by atoms with Crippen LogP contribution in [0.15, 0.2) is 22.7 Å². The number of nitrogens with zero attached hydrogens (tertiary/aromatic N) is 1. The van der Waals surface area contributed by atoms with Crippen molar-refractivity contribution in [3.8, 4) is 0 Å². The van der Waals surface area contributed by atoms with Gasteiger partial charge in [-0.1, -0.05) is 0 Å². The Kier molecular flexibility index (Phi) is 4.54. The fourth-order valence-corrected chi connectivity index (χ4v) is 2.37. The van der Waals surface area contributed by atoms with Gasteiger partial charge in [0.05, 0.1) is 23.3 Å². The summed E-state index contributed by atoms with van der Waals surface area (Å²) in [6, 6.07) is 4.29. The number of benzene rings is 1. The van der Waals surface area contributed by atoms with Crippen LogP contribution in [0.1, 0.15) is 17.3 Å². The maximum atomic E-state index is 13.4. The normalized spacial score (nSPS) is 23.5. The van der Waals surface area contributed by atoms with Gasteiger partial charge in [-0.2, -0.15) is 0 Å². The molecule has 1 saturated heterocycles. The standard InChI is InChI=1S/C13H15BrFNO3/c1-8-5-16(6-10(7-17)19-8)13(18)9-2-3-11(14)12(15)4-9/h2-4,8,10,17H,5-7H2,1H3. The molecule has 104 valence electrons. The number of ether oxygens (including phenoxy) is 1. The van der Waals surface area contributed by atoms with Crippen LogP contribution in [-0.2, 0) is 4.74 Å². The van der Waals surface area contributed by atoms with E-state index in [1.807, 2.05) is 6.92 Å². The lowest BCUT2D eigenvalue weighted by Gasteiger charge is -2.36.